The molecule has 0 aromatic rings. The number of likely N-dealkylation sites (tertiary alicyclic amines) is 1. The van der Waals surface area contributed by atoms with E-state index in [9.17, 15) is 4.79 Å². The third-order valence-electron chi connectivity index (χ3n) is 3.84. The van der Waals surface area contributed by atoms with Crippen molar-refractivity contribution in [1.82, 2.24) is 15.5 Å². The molecular weight excluding hydrogens is 264 g/mol. The summed E-state index contributed by atoms with van der Waals surface area (Å²) >= 11 is 0. The highest BCUT2D eigenvalue weighted by molar-refractivity contribution is 5.86. The van der Waals surface area contributed by atoms with Gasteiger partial charge in [0, 0.05) is 26.7 Å². The number of hydrogen-bond donors (Lipinski definition) is 2. The first kappa shape index (κ1) is 17.8. The van der Waals surface area contributed by atoms with Gasteiger partial charge in [-0.25, -0.2) is 0 Å². The van der Waals surface area contributed by atoms with Crippen LogP contribution in [-0.4, -0.2) is 50.0 Å². The monoisotopic (exact) mass is 296 g/mol. The van der Waals surface area contributed by atoms with Crippen LogP contribution in [0.4, 0.5) is 0 Å². The molecule has 5 heteroatoms. The lowest BCUT2D eigenvalue weighted by Gasteiger charge is -2.27. The molecule has 1 aliphatic rings. The molecule has 1 heterocycles. The van der Waals surface area contributed by atoms with Gasteiger partial charge in [0.05, 0.1) is 6.54 Å². The van der Waals surface area contributed by atoms with Gasteiger partial charge >= 0.3 is 0 Å². The maximum atomic E-state index is 12.1. The van der Waals surface area contributed by atoms with Crippen LogP contribution in [-0.2, 0) is 4.79 Å². The number of unbranched alkanes of at least 4 members (excludes halogenated alkanes) is 1. The van der Waals surface area contributed by atoms with Crippen LogP contribution >= 0.6 is 0 Å². The van der Waals surface area contributed by atoms with Gasteiger partial charge in [0.2, 0.25) is 5.91 Å². The Morgan fingerprint density at radius 1 is 1.14 bits per heavy atom. The fourth-order valence-corrected chi connectivity index (χ4v) is 2.52. The fourth-order valence-electron chi connectivity index (χ4n) is 2.52. The van der Waals surface area contributed by atoms with Crippen LogP contribution in [0.5, 0.6) is 0 Å². The first-order valence-electron chi connectivity index (χ1n) is 8.35. The molecule has 0 aliphatic carbocycles. The number of hydrogen-bond acceptors (Lipinski definition) is 2. The maximum Gasteiger partial charge on any atom is 0.241 e. The van der Waals surface area contributed by atoms with Crippen molar-refractivity contribution in [3.63, 3.8) is 0 Å². The minimum Gasteiger partial charge on any atom is -0.356 e. The van der Waals surface area contributed by atoms with E-state index in [-0.39, 0.29) is 5.91 Å². The minimum atomic E-state index is 0.178. The highest BCUT2D eigenvalue weighted by Gasteiger charge is 2.16. The zero-order chi connectivity index (χ0) is 15.5. The van der Waals surface area contributed by atoms with Crippen LogP contribution in [0.25, 0.3) is 0 Å². The van der Waals surface area contributed by atoms with E-state index in [1.165, 1.54) is 19.3 Å². The molecule has 21 heavy (non-hydrogen) atoms. The lowest BCUT2D eigenvalue weighted by Crippen LogP contribution is -2.46. The molecule has 2 N–H and O–H groups in total. The fraction of sp³-hybridized carbons (Fsp3) is 0.875. The maximum absolute atomic E-state index is 12.1. The molecule has 0 aromatic heterocycles. The summed E-state index contributed by atoms with van der Waals surface area (Å²) in [7, 11) is 1.74. The molecule has 0 aromatic carbocycles. The van der Waals surface area contributed by atoms with Gasteiger partial charge in [-0.3, -0.25) is 9.79 Å². The summed E-state index contributed by atoms with van der Waals surface area (Å²) in [5, 5.41) is 6.38. The second kappa shape index (κ2) is 10.5. The number of nitrogens with zero attached hydrogens (tertiary/aromatic N) is 2. The van der Waals surface area contributed by atoms with Crippen molar-refractivity contribution < 1.29 is 4.79 Å². The van der Waals surface area contributed by atoms with Crippen molar-refractivity contribution in [2.24, 2.45) is 10.9 Å². The molecule has 1 rings (SSSR count). The van der Waals surface area contributed by atoms with Crippen LogP contribution in [0.3, 0.4) is 0 Å². The van der Waals surface area contributed by atoms with E-state index in [1.807, 2.05) is 4.90 Å². The summed E-state index contributed by atoms with van der Waals surface area (Å²) < 4.78 is 0. The Kier molecular flexibility index (Phi) is 8.87. The van der Waals surface area contributed by atoms with Gasteiger partial charge in [-0.15, -0.1) is 0 Å². The number of carbonyl (C=O) groups is 1. The zero-order valence-corrected chi connectivity index (χ0v) is 14.0. The number of carbonyl (C=O) groups excluding carboxylic acids is 1. The number of aliphatic imine (C=N–C) groups is 1. The molecule has 5 nitrogen and oxygen atoms in total. The number of guanidine groups is 1. The number of piperidine rings is 1. The van der Waals surface area contributed by atoms with Crippen molar-refractivity contribution in [1.29, 1.82) is 0 Å². The van der Waals surface area contributed by atoms with Gasteiger partial charge in [0.25, 0.3) is 0 Å². The largest absolute Gasteiger partial charge is 0.356 e. The Balaban J connectivity index is 2.14. The number of amides is 1. The van der Waals surface area contributed by atoms with Crippen LogP contribution in [0, 0.1) is 5.92 Å². The van der Waals surface area contributed by atoms with E-state index in [4.69, 9.17) is 0 Å². The molecule has 1 aliphatic heterocycles. The third-order valence-corrected chi connectivity index (χ3v) is 3.84. The van der Waals surface area contributed by atoms with Crippen LogP contribution < -0.4 is 10.6 Å². The van der Waals surface area contributed by atoms with Crippen molar-refractivity contribution in [3.8, 4) is 0 Å². The molecule has 0 spiro atoms. The van der Waals surface area contributed by atoms with E-state index in [0.717, 1.165) is 50.8 Å². The Hall–Kier alpha value is -1.26. The summed E-state index contributed by atoms with van der Waals surface area (Å²) in [6.07, 6.45) is 7.15. The SMILES string of the molecule is CN=C(NCCCCC(C)C)NCC(=O)N1CCCCC1. The van der Waals surface area contributed by atoms with Gasteiger partial charge < -0.3 is 15.5 Å². The van der Waals surface area contributed by atoms with Crippen molar-refractivity contribution in [2.45, 2.75) is 52.4 Å². The normalized spacial score (nSPS) is 16.2. The standard InChI is InChI=1S/C16H32N4O/c1-14(2)9-5-6-10-18-16(17-3)19-13-15(21)20-11-7-4-8-12-20/h14H,4-13H2,1-3H3,(H2,17,18,19). The Morgan fingerprint density at radius 2 is 1.86 bits per heavy atom. The molecule has 122 valence electrons. The molecule has 0 bridgehead atoms. The molecule has 0 radical (unpaired) electrons. The Morgan fingerprint density at radius 3 is 2.48 bits per heavy atom. The molecule has 1 saturated heterocycles. The van der Waals surface area contributed by atoms with Crippen LogP contribution in [0.15, 0.2) is 4.99 Å². The predicted molar refractivity (Wildman–Crippen MR) is 88.5 cm³/mol. The number of nitrogens with one attached hydrogen (secondary N) is 2. The average Bonchev–Trinajstić information content (AvgIpc) is 2.50. The molecular formula is C16H32N4O. The lowest BCUT2D eigenvalue weighted by molar-refractivity contribution is -0.130. The van der Waals surface area contributed by atoms with Crippen molar-refractivity contribution in [2.75, 3.05) is 33.2 Å². The third kappa shape index (κ3) is 7.93. The predicted octanol–water partition coefficient (Wildman–Crippen LogP) is 1.99. The first-order valence-corrected chi connectivity index (χ1v) is 8.35. The van der Waals surface area contributed by atoms with E-state index in [1.54, 1.807) is 7.05 Å². The van der Waals surface area contributed by atoms with E-state index < -0.39 is 0 Å². The summed E-state index contributed by atoms with van der Waals surface area (Å²) in [5.74, 6) is 1.67. The van der Waals surface area contributed by atoms with E-state index >= 15 is 0 Å². The van der Waals surface area contributed by atoms with Gasteiger partial charge in [0.15, 0.2) is 5.96 Å². The zero-order valence-electron chi connectivity index (χ0n) is 14.0. The molecule has 0 unspecified atom stereocenters. The van der Waals surface area contributed by atoms with Crippen molar-refractivity contribution >= 4 is 11.9 Å². The average molecular weight is 296 g/mol. The summed E-state index contributed by atoms with van der Waals surface area (Å²) in [5.41, 5.74) is 0. The Bertz CT molecular complexity index is 322. The quantitative estimate of drug-likeness (QED) is 0.429. The minimum absolute atomic E-state index is 0.178. The van der Waals surface area contributed by atoms with E-state index in [0.29, 0.717) is 6.54 Å². The van der Waals surface area contributed by atoms with Crippen molar-refractivity contribution in [3.05, 3.63) is 0 Å². The Labute approximate surface area is 129 Å². The summed E-state index contributed by atoms with van der Waals surface area (Å²) in [6.45, 7) is 7.56. The van der Waals surface area contributed by atoms with Gasteiger partial charge in [-0.2, -0.15) is 0 Å². The second-order valence-electron chi connectivity index (χ2n) is 6.18. The van der Waals surface area contributed by atoms with Gasteiger partial charge in [0.1, 0.15) is 0 Å². The molecule has 1 fully saturated rings. The second-order valence-corrected chi connectivity index (χ2v) is 6.18. The number of rotatable bonds is 7. The smallest absolute Gasteiger partial charge is 0.241 e. The van der Waals surface area contributed by atoms with Crippen LogP contribution in [0.1, 0.15) is 52.4 Å². The molecule has 0 saturated carbocycles. The van der Waals surface area contributed by atoms with Gasteiger partial charge in [-0.1, -0.05) is 26.7 Å². The van der Waals surface area contributed by atoms with Gasteiger partial charge in [-0.05, 0) is 31.6 Å². The molecule has 0 atom stereocenters. The highest BCUT2D eigenvalue weighted by atomic mass is 16.2. The highest BCUT2D eigenvalue weighted by Crippen LogP contribution is 2.08. The summed E-state index contributed by atoms with van der Waals surface area (Å²) in [6, 6.07) is 0. The summed E-state index contributed by atoms with van der Waals surface area (Å²) in [4.78, 5) is 18.2. The topological polar surface area (TPSA) is 56.7 Å². The first-order chi connectivity index (χ1) is 10.1. The van der Waals surface area contributed by atoms with Crippen LogP contribution in [0.2, 0.25) is 0 Å². The van der Waals surface area contributed by atoms with E-state index in [2.05, 4.69) is 29.5 Å². The molecule has 1 amide bonds. The lowest BCUT2D eigenvalue weighted by atomic mass is 10.1.